The van der Waals surface area contributed by atoms with Crippen LogP contribution >= 0.6 is 0 Å². The first-order valence-corrected chi connectivity index (χ1v) is 5.66. The Morgan fingerprint density at radius 1 is 1.20 bits per heavy atom. The average molecular weight is 222 g/mol. The molecule has 2 nitrogen and oxygen atoms in total. The van der Waals surface area contributed by atoms with Gasteiger partial charge in [-0.1, -0.05) is 20.8 Å². The molecule has 92 valence electrons. The molecule has 0 saturated carbocycles. The van der Waals surface area contributed by atoms with Crippen molar-refractivity contribution in [1.82, 2.24) is 10.2 Å². The van der Waals surface area contributed by atoms with E-state index in [1.54, 1.807) is 11.9 Å². The van der Waals surface area contributed by atoms with Gasteiger partial charge in [-0.15, -0.1) is 0 Å². The molecule has 1 N–H and O–H groups in total. The molecule has 0 aromatic heterocycles. The van der Waals surface area contributed by atoms with E-state index in [0.717, 1.165) is 19.5 Å². The minimum Gasteiger partial charge on any atom is -0.315 e. The quantitative estimate of drug-likeness (QED) is 0.677. The summed E-state index contributed by atoms with van der Waals surface area (Å²) in [4.78, 5) is 1.73. The minimum atomic E-state index is -2.24. The second-order valence-electron chi connectivity index (χ2n) is 4.44. The highest BCUT2D eigenvalue weighted by Gasteiger charge is 2.16. The summed E-state index contributed by atoms with van der Waals surface area (Å²) in [7, 11) is 1.76. The van der Waals surface area contributed by atoms with Crippen molar-refractivity contribution in [3.63, 3.8) is 0 Å². The van der Waals surface area contributed by atoms with E-state index in [2.05, 4.69) is 19.2 Å². The number of nitrogens with zero attached hydrogens (tertiary/aromatic N) is 1. The van der Waals surface area contributed by atoms with Crippen molar-refractivity contribution < 1.29 is 8.78 Å². The van der Waals surface area contributed by atoms with Crippen LogP contribution in [-0.2, 0) is 0 Å². The number of rotatable bonds is 8. The zero-order valence-electron chi connectivity index (χ0n) is 10.3. The lowest BCUT2D eigenvalue weighted by Crippen LogP contribution is -2.42. The summed E-state index contributed by atoms with van der Waals surface area (Å²) in [6, 6.07) is 0.206. The third-order valence-electron chi connectivity index (χ3n) is 2.45. The molecule has 0 bridgehead atoms. The molecule has 0 spiro atoms. The maximum absolute atomic E-state index is 12.2. The molecule has 0 radical (unpaired) electrons. The van der Waals surface area contributed by atoms with Crippen molar-refractivity contribution in [3.05, 3.63) is 0 Å². The molecular weight excluding hydrogens is 198 g/mol. The Hall–Kier alpha value is -0.220. The number of nitrogens with one attached hydrogen (secondary N) is 1. The van der Waals surface area contributed by atoms with Crippen molar-refractivity contribution in [3.8, 4) is 0 Å². The van der Waals surface area contributed by atoms with Gasteiger partial charge in [-0.3, -0.25) is 4.90 Å². The van der Waals surface area contributed by atoms with Gasteiger partial charge >= 0.3 is 0 Å². The van der Waals surface area contributed by atoms with E-state index in [1.165, 1.54) is 0 Å². The van der Waals surface area contributed by atoms with Crippen LogP contribution in [0.15, 0.2) is 0 Å². The second-order valence-corrected chi connectivity index (χ2v) is 4.44. The van der Waals surface area contributed by atoms with Gasteiger partial charge in [-0.2, -0.15) is 0 Å². The Kier molecular flexibility index (Phi) is 7.88. The van der Waals surface area contributed by atoms with Gasteiger partial charge in [0, 0.05) is 12.6 Å². The van der Waals surface area contributed by atoms with E-state index in [1.807, 2.05) is 6.92 Å². The molecule has 0 rings (SSSR count). The Bertz CT molecular complexity index is 152. The van der Waals surface area contributed by atoms with Gasteiger partial charge in [0.05, 0.1) is 6.54 Å². The van der Waals surface area contributed by atoms with E-state index in [4.69, 9.17) is 0 Å². The van der Waals surface area contributed by atoms with Crippen LogP contribution in [0.3, 0.4) is 0 Å². The summed E-state index contributed by atoms with van der Waals surface area (Å²) >= 11 is 0. The van der Waals surface area contributed by atoms with E-state index in [0.29, 0.717) is 5.92 Å². The molecule has 0 saturated heterocycles. The highest BCUT2D eigenvalue weighted by atomic mass is 19.3. The predicted molar refractivity (Wildman–Crippen MR) is 60.4 cm³/mol. The summed E-state index contributed by atoms with van der Waals surface area (Å²) in [5, 5.41) is 3.30. The molecule has 15 heavy (non-hydrogen) atoms. The van der Waals surface area contributed by atoms with Crippen molar-refractivity contribution >= 4 is 0 Å². The highest BCUT2D eigenvalue weighted by Crippen LogP contribution is 2.04. The molecule has 1 unspecified atom stereocenters. The first-order chi connectivity index (χ1) is 6.97. The van der Waals surface area contributed by atoms with Gasteiger partial charge in [-0.05, 0) is 25.9 Å². The maximum atomic E-state index is 12.2. The summed E-state index contributed by atoms with van der Waals surface area (Å²) in [5.74, 6) is 0.600. The van der Waals surface area contributed by atoms with E-state index < -0.39 is 6.43 Å². The molecular formula is C11H24F2N2. The first kappa shape index (κ1) is 14.8. The topological polar surface area (TPSA) is 15.3 Å². The van der Waals surface area contributed by atoms with Crippen molar-refractivity contribution in [1.29, 1.82) is 0 Å². The second kappa shape index (κ2) is 7.99. The van der Waals surface area contributed by atoms with Crippen LogP contribution in [0.1, 0.15) is 27.2 Å². The van der Waals surface area contributed by atoms with Gasteiger partial charge in [0.2, 0.25) is 0 Å². The molecule has 0 aliphatic heterocycles. The fourth-order valence-corrected chi connectivity index (χ4v) is 1.52. The Morgan fingerprint density at radius 2 is 1.80 bits per heavy atom. The fourth-order valence-electron chi connectivity index (χ4n) is 1.52. The molecule has 0 heterocycles. The van der Waals surface area contributed by atoms with Gasteiger partial charge in [0.25, 0.3) is 6.43 Å². The smallest absolute Gasteiger partial charge is 0.251 e. The van der Waals surface area contributed by atoms with Gasteiger partial charge in [0.1, 0.15) is 0 Å². The van der Waals surface area contributed by atoms with Crippen molar-refractivity contribution in [2.75, 3.05) is 26.7 Å². The lowest BCUT2D eigenvalue weighted by molar-refractivity contribution is 0.0792. The molecule has 0 amide bonds. The van der Waals surface area contributed by atoms with Crippen LogP contribution in [-0.4, -0.2) is 44.0 Å². The molecule has 0 aromatic carbocycles. The van der Waals surface area contributed by atoms with Gasteiger partial charge in [0.15, 0.2) is 0 Å². The monoisotopic (exact) mass is 222 g/mol. The van der Waals surface area contributed by atoms with E-state index in [-0.39, 0.29) is 12.6 Å². The molecule has 0 aliphatic rings. The summed E-state index contributed by atoms with van der Waals surface area (Å²) in [5.41, 5.74) is 0. The summed E-state index contributed by atoms with van der Waals surface area (Å²) in [6.45, 7) is 7.90. The van der Waals surface area contributed by atoms with Crippen LogP contribution in [0.25, 0.3) is 0 Å². The summed E-state index contributed by atoms with van der Waals surface area (Å²) < 4.78 is 24.3. The zero-order valence-corrected chi connectivity index (χ0v) is 10.3. The minimum absolute atomic E-state index is 0.137. The normalized spacial score (nSPS) is 14.2. The third-order valence-corrected chi connectivity index (χ3v) is 2.45. The molecule has 1 atom stereocenters. The predicted octanol–water partition coefficient (Wildman–Crippen LogP) is 2.21. The van der Waals surface area contributed by atoms with Gasteiger partial charge < -0.3 is 5.32 Å². The van der Waals surface area contributed by atoms with Gasteiger partial charge in [-0.25, -0.2) is 8.78 Å². The standard InChI is InChI=1S/C11H24F2N2/c1-5-10(7-14-6-9(2)3)15(4)8-11(12)13/h9-11,14H,5-8H2,1-4H3. The Morgan fingerprint density at radius 3 is 2.20 bits per heavy atom. The van der Waals surface area contributed by atoms with Crippen LogP contribution in [0.5, 0.6) is 0 Å². The Balaban J connectivity index is 3.79. The highest BCUT2D eigenvalue weighted by molar-refractivity contribution is 4.70. The number of hydrogen-bond acceptors (Lipinski definition) is 2. The number of hydrogen-bond donors (Lipinski definition) is 1. The van der Waals surface area contributed by atoms with Crippen LogP contribution < -0.4 is 5.32 Å². The largest absolute Gasteiger partial charge is 0.315 e. The molecule has 0 fully saturated rings. The van der Waals surface area contributed by atoms with Crippen molar-refractivity contribution in [2.24, 2.45) is 5.92 Å². The lowest BCUT2D eigenvalue weighted by atomic mass is 10.1. The number of halogens is 2. The average Bonchev–Trinajstić information content (AvgIpc) is 2.10. The fraction of sp³-hybridized carbons (Fsp3) is 1.00. The van der Waals surface area contributed by atoms with E-state index >= 15 is 0 Å². The maximum Gasteiger partial charge on any atom is 0.251 e. The van der Waals surface area contributed by atoms with E-state index in [9.17, 15) is 8.78 Å². The van der Waals surface area contributed by atoms with Crippen LogP contribution in [0.2, 0.25) is 0 Å². The SMILES string of the molecule is CCC(CNCC(C)C)N(C)CC(F)F. The summed E-state index contributed by atoms with van der Waals surface area (Å²) in [6.07, 6.45) is -1.34. The first-order valence-electron chi connectivity index (χ1n) is 5.66. The Labute approximate surface area is 92.0 Å². The lowest BCUT2D eigenvalue weighted by Gasteiger charge is -2.27. The number of alkyl halides is 2. The zero-order chi connectivity index (χ0) is 11.8. The molecule has 0 aromatic rings. The molecule has 4 heteroatoms. The van der Waals surface area contributed by atoms with Crippen LogP contribution in [0, 0.1) is 5.92 Å². The third kappa shape index (κ3) is 7.68. The molecule has 0 aliphatic carbocycles. The van der Waals surface area contributed by atoms with Crippen molar-refractivity contribution in [2.45, 2.75) is 39.7 Å². The van der Waals surface area contributed by atoms with Crippen LogP contribution in [0.4, 0.5) is 8.78 Å². The number of likely N-dealkylation sites (N-methyl/N-ethyl adjacent to an activating group) is 1.